The molecule has 1 heterocycles. The molecule has 1 saturated carbocycles. The average Bonchev–Trinajstić information content (AvgIpc) is 2.85. The maximum atomic E-state index is 11.9. The lowest BCUT2D eigenvalue weighted by Gasteiger charge is -2.29. The van der Waals surface area contributed by atoms with Crippen LogP contribution in [0, 0.1) is 12.8 Å². The third kappa shape index (κ3) is 4.07. The Kier molecular flexibility index (Phi) is 5.17. The Bertz CT molecular complexity index is 484. The molecule has 2 amide bonds. The molecule has 20 heavy (non-hydrogen) atoms. The maximum Gasteiger partial charge on any atom is 0.261 e. The minimum atomic E-state index is -0.171. The fraction of sp³-hybridized carbons (Fsp3) is 0.600. The minimum absolute atomic E-state index is 0.0546. The summed E-state index contributed by atoms with van der Waals surface area (Å²) in [5, 5.41) is 5.71. The van der Waals surface area contributed by atoms with Crippen LogP contribution in [0.2, 0.25) is 0 Å². The van der Waals surface area contributed by atoms with E-state index in [-0.39, 0.29) is 24.4 Å². The van der Waals surface area contributed by atoms with E-state index in [1.807, 2.05) is 13.0 Å². The Hall–Kier alpha value is -1.36. The van der Waals surface area contributed by atoms with Crippen molar-refractivity contribution >= 4 is 23.2 Å². The zero-order chi connectivity index (χ0) is 14.5. The number of rotatable bonds is 4. The number of amides is 2. The highest BCUT2D eigenvalue weighted by Crippen LogP contribution is 2.23. The largest absolute Gasteiger partial charge is 0.352 e. The van der Waals surface area contributed by atoms with Crippen LogP contribution in [0.25, 0.3) is 0 Å². The quantitative estimate of drug-likeness (QED) is 0.896. The van der Waals surface area contributed by atoms with Crippen molar-refractivity contribution in [2.24, 2.45) is 5.92 Å². The first-order chi connectivity index (χ1) is 9.56. The molecule has 0 aromatic carbocycles. The molecule has 4 nitrogen and oxygen atoms in total. The zero-order valence-corrected chi connectivity index (χ0v) is 12.9. The number of hydrogen-bond acceptors (Lipinski definition) is 3. The van der Waals surface area contributed by atoms with E-state index in [4.69, 9.17) is 0 Å². The first kappa shape index (κ1) is 15.0. The summed E-state index contributed by atoms with van der Waals surface area (Å²) in [5.41, 5.74) is 0. The van der Waals surface area contributed by atoms with Crippen molar-refractivity contribution in [1.29, 1.82) is 0 Å². The van der Waals surface area contributed by atoms with Crippen LogP contribution in [0.5, 0.6) is 0 Å². The Balaban J connectivity index is 1.76. The summed E-state index contributed by atoms with van der Waals surface area (Å²) in [7, 11) is 0. The molecule has 2 atom stereocenters. The van der Waals surface area contributed by atoms with Crippen LogP contribution in [-0.2, 0) is 4.79 Å². The molecule has 0 radical (unpaired) electrons. The van der Waals surface area contributed by atoms with Crippen molar-refractivity contribution in [3.8, 4) is 0 Å². The summed E-state index contributed by atoms with van der Waals surface area (Å²) >= 11 is 1.44. The van der Waals surface area contributed by atoms with E-state index >= 15 is 0 Å². The summed E-state index contributed by atoms with van der Waals surface area (Å²) in [5.74, 6) is 0.267. The molecular formula is C15H22N2O2S. The van der Waals surface area contributed by atoms with Crippen molar-refractivity contribution in [1.82, 2.24) is 10.6 Å². The molecule has 2 unspecified atom stereocenters. The molecule has 0 saturated heterocycles. The third-order valence-electron chi connectivity index (χ3n) is 3.83. The lowest BCUT2D eigenvalue weighted by molar-refractivity contribution is -0.121. The molecule has 0 spiro atoms. The number of nitrogens with one attached hydrogen (secondary N) is 2. The first-order valence-corrected chi connectivity index (χ1v) is 8.02. The van der Waals surface area contributed by atoms with Gasteiger partial charge in [-0.2, -0.15) is 0 Å². The van der Waals surface area contributed by atoms with Gasteiger partial charge in [-0.3, -0.25) is 9.59 Å². The lowest BCUT2D eigenvalue weighted by Crippen LogP contribution is -2.45. The van der Waals surface area contributed by atoms with Crippen LogP contribution < -0.4 is 10.6 Å². The van der Waals surface area contributed by atoms with Crippen molar-refractivity contribution in [3.05, 3.63) is 21.9 Å². The Morgan fingerprint density at radius 3 is 2.70 bits per heavy atom. The van der Waals surface area contributed by atoms with Crippen molar-refractivity contribution in [2.45, 2.75) is 45.6 Å². The molecule has 1 aliphatic carbocycles. The van der Waals surface area contributed by atoms with Crippen LogP contribution in [0.1, 0.15) is 47.2 Å². The molecule has 110 valence electrons. The topological polar surface area (TPSA) is 58.2 Å². The van der Waals surface area contributed by atoms with E-state index in [0.29, 0.717) is 10.8 Å². The molecule has 0 bridgehead atoms. The molecule has 0 aliphatic heterocycles. The van der Waals surface area contributed by atoms with Gasteiger partial charge >= 0.3 is 0 Å². The van der Waals surface area contributed by atoms with Gasteiger partial charge in [-0.25, -0.2) is 0 Å². The van der Waals surface area contributed by atoms with Crippen LogP contribution in [0.3, 0.4) is 0 Å². The smallest absolute Gasteiger partial charge is 0.261 e. The first-order valence-electron chi connectivity index (χ1n) is 7.20. The molecule has 1 aliphatic rings. The monoisotopic (exact) mass is 294 g/mol. The fourth-order valence-electron chi connectivity index (χ4n) is 2.59. The van der Waals surface area contributed by atoms with Gasteiger partial charge in [0.25, 0.3) is 5.91 Å². The van der Waals surface area contributed by atoms with Gasteiger partial charge in [0.05, 0.1) is 11.4 Å². The number of aryl methyl sites for hydroxylation is 1. The lowest BCUT2D eigenvalue weighted by atomic mass is 9.86. The van der Waals surface area contributed by atoms with Crippen LogP contribution >= 0.6 is 11.3 Å². The molecule has 2 rings (SSSR count). The van der Waals surface area contributed by atoms with Gasteiger partial charge in [-0.05, 0) is 37.8 Å². The molecule has 5 heteroatoms. The fourth-order valence-corrected chi connectivity index (χ4v) is 3.38. The zero-order valence-electron chi connectivity index (χ0n) is 12.1. The summed E-state index contributed by atoms with van der Waals surface area (Å²) in [6.45, 7) is 4.19. The van der Waals surface area contributed by atoms with Crippen LogP contribution in [0.4, 0.5) is 0 Å². The Labute approximate surface area is 124 Å². The summed E-state index contributed by atoms with van der Waals surface area (Å²) in [6, 6.07) is 3.96. The normalized spacial score (nSPS) is 22.3. The second-order valence-corrected chi connectivity index (χ2v) is 6.82. The van der Waals surface area contributed by atoms with E-state index in [1.165, 1.54) is 30.6 Å². The summed E-state index contributed by atoms with van der Waals surface area (Å²) in [4.78, 5) is 25.5. The summed E-state index contributed by atoms with van der Waals surface area (Å²) in [6.07, 6.45) is 4.65. The van der Waals surface area contributed by atoms with E-state index < -0.39 is 0 Å². The van der Waals surface area contributed by atoms with E-state index in [2.05, 4.69) is 17.6 Å². The van der Waals surface area contributed by atoms with E-state index in [9.17, 15) is 9.59 Å². The van der Waals surface area contributed by atoms with Gasteiger partial charge < -0.3 is 10.6 Å². The predicted octanol–water partition coefficient (Wildman–Crippen LogP) is 2.48. The number of thiophene rings is 1. The second kappa shape index (κ2) is 6.88. The van der Waals surface area contributed by atoms with Gasteiger partial charge in [-0.1, -0.05) is 19.8 Å². The van der Waals surface area contributed by atoms with Crippen molar-refractivity contribution < 1.29 is 9.59 Å². The number of hydrogen-bond donors (Lipinski definition) is 2. The highest BCUT2D eigenvalue weighted by Gasteiger charge is 2.22. The van der Waals surface area contributed by atoms with E-state index in [1.54, 1.807) is 6.07 Å². The second-order valence-electron chi connectivity index (χ2n) is 5.53. The predicted molar refractivity (Wildman–Crippen MR) is 81.0 cm³/mol. The Morgan fingerprint density at radius 2 is 2.05 bits per heavy atom. The Morgan fingerprint density at radius 1 is 1.30 bits per heavy atom. The summed E-state index contributed by atoms with van der Waals surface area (Å²) < 4.78 is 0. The number of carbonyl (C=O) groups excluding carboxylic acids is 2. The van der Waals surface area contributed by atoms with Gasteiger partial charge in [0, 0.05) is 10.9 Å². The number of carbonyl (C=O) groups is 2. The van der Waals surface area contributed by atoms with Crippen molar-refractivity contribution in [2.75, 3.05) is 6.54 Å². The van der Waals surface area contributed by atoms with Crippen LogP contribution in [-0.4, -0.2) is 24.4 Å². The molecule has 1 aromatic rings. The third-order valence-corrected chi connectivity index (χ3v) is 4.83. The maximum absolute atomic E-state index is 11.9. The van der Waals surface area contributed by atoms with Gasteiger partial charge in [0.2, 0.25) is 5.91 Å². The minimum Gasteiger partial charge on any atom is -0.352 e. The molecular weight excluding hydrogens is 272 g/mol. The molecule has 1 fully saturated rings. The van der Waals surface area contributed by atoms with Crippen molar-refractivity contribution in [3.63, 3.8) is 0 Å². The average molecular weight is 294 g/mol. The molecule has 1 aromatic heterocycles. The highest BCUT2D eigenvalue weighted by molar-refractivity contribution is 7.13. The van der Waals surface area contributed by atoms with Gasteiger partial charge in [0.15, 0.2) is 0 Å². The highest BCUT2D eigenvalue weighted by atomic mass is 32.1. The SMILES string of the molecule is Cc1ccc(C(=O)NCC(=O)NC2CCCCC2C)s1. The van der Waals surface area contributed by atoms with Gasteiger partial charge in [0.1, 0.15) is 0 Å². The standard InChI is InChI=1S/C15H22N2O2S/c1-10-5-3-4-6-12(10)17-14(18)9-16-15(19)13-8-7-11(2)20-13/h7-8,10,12H,3-6,9H2,1-2H3,(H,16,19)(H,17,18). The van der Waals surface area contributed by atoms with E-state index in [0.717, 1.165) is 11.3 Å². The molecule has 2 N–H and O–H groups in total. The van der Waals surface area contributed by atoms with Crippen LogP contribution in [0.15, 0.2) is 12.1 Å². The van der Waals surface area contributed by atoms with Gasteiger partial charge in [-0.15, -0.1) is 11.3 Å².